The van der Waals surface area contributed by atoms with Gasteiger partial charge in [-0.2, -0.15) is 13.2 Å². The SMILES string of the molecule is O=[N+]([O-])c1cnc(C(F)(F)F)c(OC(F)(F)F)c1C(F)F. The van der Waals surface area contributed by atoms with Crippen molar-refractivity contribution >= 4 is 5.69 Å². The summed E-state index contributed by atoms with van der Waals surface area (Å²) in [6.45, 7) is 0. The lowest BCUT2D eigenvalue weighted by Crippen LogP contribution is -2.23. The van der Waals surface area contributed by atoms with Gasteiger partial charge in [-0.1, -0.05) is 0 Å². The number of hydrogen-bond donors (Lipinski definition) is 0. The van der Waals surface area contributed by atoms with Crippen molar-refractivity contribution in [2.45, 2.75) is 19.0 Å². The molecule has 0 aliphatic rings. The standard InChI is InChI=1S/C8H2F8N2O3/c9-6(10)3-2(18(19)20)1-17-5(7(11,12)13)4(3)21-8(14,15)16/h1,6H. The fraction of sp³-hybridized carbons (Fsp3) is 0.375. The lowest BCUT2D eigenvalue weighted by molar-refractivity contribution is -0.386. The van der Waals surface area contributed by atoms with Gasteiger partial charge < -0.3 is 4.74 Å². The predicted molar refractivity (Wildman–Crippen MR) is 47.5 cm³/mol. The van der Waals surface area contributed by atoms with E-state index in [9.17, 15) is 45.2 Å². The maximum Gasteiger partial charge on any atom is 0.573 e. The number of pyridine rings is 1. The molecular formula is C8H2F8N2O3. The molecule has 21 heavy (non-hydrogen) atoms. The van der Waals surface area contributed by atoms with Crippen molar-refractivity contribution in [3.63, 3.8) is 0 Å². The highest BCUT2D eigenvalue weighted by Crippen LogP contribution is 2.45. The molecule has 1 aromatic rings. The molecular weight excluding hydrogens is 324 g/mol. The molecule has 0 radical (unpaired) electrons. The Hall–Kier alpha value is -2.21. The van der Waals surface area contributed by atoms with Crippen LogP contribution in [-0.2, 0) is 6.18 Å². The third-order valence-electron chi connectivity index (χ3n) is 1.95. The molecule has 0 fully saturated rings. The van der Waals surface area contributed by atoms with E-state index in [4.69, 9.17) is 0 Å². The summed E-state index contributed by atoms with van der Waals surface area (Å²) in [5, 5.41) is 10.4. The van der Waals surface area contributed by atoms with E-state index in [1.165, 1.54) is 0 Å². The van der Waals surface area contributed by atoms with Crippen molar-refractivity contribution in [2.24, 2.45) is 0 Å². The molecule has 0 atom stereocenters. The van der Waals surface area contributed by atoms with Crippen molar-refractivity contribution in [1.82, 2.24) is 4.98 Å². The number of halogens is 8. The van der Waals surface area contributed by atoms with Gasteiger partial charge in [-0.05, 0) is 0 Å². The van der Waals surface area contributed by atoms with Crippen LogP contribution in [0.5, 0.6) is 5.75 Å². The Bertz CT molecular complexity index is 554. The zero-order valence-corrected chi connectivity index (χ0v) is 9.30. The molecule has 0 bridgehead atoms. The van der Waals surface area contributed by atoms with Crippen LogP contribution in [-0.4, -0.2) is 16.3 Å². The van der Waals surface area contributed by atoms with Crippen molar-refractivity contribution in [1.29, 1.82) is 0 Å². The molecule has 0 aliphatic carbocycles. The third kappa shape index (κ3) is 3.88. The lowest BCUT2D eigenvalue weighted by Gasteiger charge is -2.17. The molecule has 0 aliphatic heterocycles. The first-order valence-electron chi connectivity index (χ1n) is 4.63. The Morgan fingerprint density at radius 3 is 2.05 bits per heavy atom. The van der Waals surface area contributed by atoms with Gasteiger partial charge in [0.05, 0.1) is 4.92 Å². The fourth-order valence-corrected chi connectivity index (χ4v) is 1.28. The molecule has 0 N–H and O–H groups in total. The largest absolute Gasteiger partial charge is 0.573 e. The van der Waals surface area contributed by atoms with Gasteiger partial charge in [-0.25, -0.2) is 13.8 Å². The fourth-order valence-electron chi connectivity index (χ4n) is 1.28. The molecule has 0 aromatic carbocycles. The second kappa shape index (κ2) is 5.29. The van der Waals surface area contributed by atoms with E-state index in [1.807, 2.05) is 0 Å². The van der Waals surface area contributed by atoms with Gasteiger partial charge in [-0.15, -0.1) is 13.2 Å². The van der Waals surface area contributed by atoms with Crippen LogP contribution in [0.25, 0.3) is 0 Å². The van der Waals surface area contributed by atoms with Gasteiger partial charge in [0.2, 0.25) is 0 Å². The second-order valence-corrected chi connectivity index (χ2v) is 3.34. The zero-order valence-electron chi connectivity index (χ0n) is 9.30. The normalized spacial score (nSPS) is 12.6. The van der Waals surface area contributed by atoms with Crippen molar-refractivity contribution in [3.8, 4) is 5.75 Å². The maximum absolute atomic E-state index is 12.6. The van der Waals surface area contributed by atoms with E-state index >= 15 is 0 Å². The maximum atomic E-state index is 12.6. The van der Waals surface area contributed by atoms with Gasteiger partial charge in [0, 0.05) is 0 Å². The minimum atomic E-state index is -5.78. The van der Waals surface area contributed by atoms with E-state index in [-0.39, 0.29) is 6.20 Å². The average molecular weight is 326 g/mol. The van der Waals surface area contributed by atoms with Crippen LogP contribution in [0.3, 0.4) is 0 Å². The van der Waals surface area contributed by atoms with Crippen molar-refractivity contribution in [3.05, 3.63) is 27.6 Å². The van der Waals surface area contributed by atoms with Crippen LogP contribution < -0.4 is 4.74 Å². The quantitative estimate of drug-likeness (QED) is 0.481. The molecule has 0 saturated carbocycles. The van der Waals surface area contributed by atoms with Crippen LogP contribution >= 0.6 is 0 Å². The zero-order chi connectivity index (χ0) is 16.6. The molecule has 118 valence electrons. The Kier molecular flexibility index (Phi) is 4.24. The number of aromatic nitrogens is 1. The number of ether oxygens (including phenoxy) is 1. The first kappa shape index (κ1) is 16.8. The minimum Gasteiger partial charge on any atom is -0.403 e. The summed E-state index contributed by atoms with van der Waals surface area (Å²) in [4.78, 5) is 11.2. The van der Waals surface area contributed by atoms with E-state index in [1.54, 1.807) is 0 Å². The molecule has 1 rings (SSSR count). The Balaban J connectivity index is 3.71. The van der Waals surface area contributed by atoms with Gasteiger partial charge >= 0.3 is 12.5 Å². The molecule has 0 spiro atoms. The summed E-state index contributed by atoms with van der Waals surface area (Å²) in [5.74, 6) is -2.45. The summed E-state index contributed by atoms with van der Waals surface area (Å²) in [5.41, 5.74) is -6.32. The number of nitro groups is 1. The van der Waals surface area contributed by atoms with Crippen LogP contribution in [0.4, 0.5) is 40.8 Å². The molecule has 13 heteroatoms. The second-order valence-electron chi connectivity index (χ2n) is 3.34. The van der Waals surface area contributed by atoms with E-state index in [0.717, 1.165) is 0 Å². The molecule has 5 nitrogen and oxygen atoms in total. The van der Waals surface area contributed by atoms with Crippen molar-refractivity contribution < 1.29 is 44.8 Å². The number of hydrogen-bond acceptors (Lipinski definition) is 4. The summed E-state index contributed by atoms with van der Waals surface area (Å²) in [6, 6.07) is 0. The molecule has 0 unspecified atom stereocenters. The topological polar surface area (TPSA) is 65.3 Å². The van der Waals surface area contributed by atoms with Gasteiger partial charge in [0.1, 0.15) is 11.8 Å². The number of alkyl halides is 8. The highest BCUT2D eigenvalue weighted by atomic mass is 19.4. The highest BCUT2D eigenvalue weighted by Gasteiger charge is 2.45. The summed E-state index contributed by atoms with van der Waals surface area (Å²) in [7, 11) is 0. The van der Waals surface area contributed by atoms with Crippen molar-refractivity contribution in [2.75, 3.05) is 0 Å². The summed E-state index contributed by atoms with van der Waals surface area (Å²) in [6.07, 6.45) is -15.6. The molecule has 0 amide bonds. The summed E-state index contributed by atoms with van der Waals surface area (Å²) >= 11 is 0. The average Bonchev–Trinajstić information content (AvgIpc) is 2.23. The Morgan fingerprint density at radius 2 is 1.71 bits per heavy atom. The first-order chi connectivity index (χ1) is 9.34. The smallest absolute Gasteiger partial charge is 0.403 e. The first-order valence-corrected chi connectivity index (χ1v) is 4.63. The van der Waals surface area contributed by atoms with E-state index in [2.05, 4.69) is 9.72 Å². The predicted octanol–water partition coefficient (Wildman–Crippen LogP) is 3.84. The van der Waals surface area contributed by atoms with Gasteiger partial charge in [-0.3, -0.25) is 10.1 Å². The van der Waals surface area contributed by atoms with E-state index in [0.29, 0.717) is 0 Å². The third-order valence-corrected chi connectivity index (χ3v) is 1.95. The van der Waals surface area contributed by atoms with Crippen LogP contribution in [0.2, 0.25) is 0 Å². The van der Waals surface area contributed by atoms with Crippen LogP contribution in [0, 0.1) is 10.1 Å². The number of rotatable bonds is 3. The van der Waals surface area contributed by atoms with Crippen LogP contribution in [0.15, 0.2) is 6.20 Å². The molecule has 0 saturated heterocycles. The highest BCUT2D eigenvalue weighted by molar-refractivity contribution is 5.52. The minimum absolute atomic E-state index is 0.215. The Morgan fingerprint density at radius 1 is 1.19 bits per heavy atom. The van der Waals surface area contributed by atoms with E-state index < -0.39 is 46.6 Å². The molecule has 1 heterocycles. The van der Waals surface area contributed by atoms with Gasteiger partial charge in [0.25, 0.3) is 12.1 Å². The number of nitrogens with zero attached hydrogens (tertiary/aromatic N) is 2. The van der Waals surface area contributed by atoms with Gasteiger partial charge in [0.15, 0.2) is 11.4 Å². The monoisotopic (exact) mass is 326 g/mol. The molecule has 1 aromatic heterocycles. The summed E-state index contributed by atoms with van der Waals surface area (Å²) < 4.78 is 102. The van der Waals surface area contributed by atoms with Crippen LogP contribution in [0.1, 0.15) is 17.7 Å². The Labute approximate surface area is 109 Å². The lowest BCUT2D eigenvalue weighted by atomic mass is 10.1.